The van der Waals surface area contributed by atoms with Crippen LogP contribution in [-0.4, -0.2) is 28.9 Å². The molecule has 0 saturated carbocycles. The molecule has 1 aliphatic heterocycles. The average molecular weight is 418 g/mol. The summed E-state index contributed by atoms with van der Waals surface area (Å²) >= 11 is 0. The van der Waals surface area contributed by atoms with Gasteiger partial charge in [0, 0.05) is 10.9 Å². The zero-order valence-corrected chi connectivity index (χ0v) is 19.6. The SMILES string of the molecule is COc1nc2nc(N3C(=O)c4c(C)c(C)c(C)c(C)c4C3=O)c(C)c(C)c2c(C)c1C. The molecule has 1 aliphatic rings. The number of methoxy groups -OCH3 is 1. The van der Waals surface area contributed by atoms with Crippen molar-refractivity contribution in [3.63, 3.8) is 0 Å². The molecule has 0 fully saturated rings. The van der Waals surface area contributed by atoms with Gasteiger partial charge in [0.25, 0.3) is 11.8 Å². The smallest absolute Gasteiger partial charge is 0.267 e. The minimum absolute atomic E-state index is 0.325. The first-order chi connectivity index (χ1) is 14.5. The Morgan fingerprint density at radius 3 is 1.58 bits per heavy atom. The van der Waals surface area contributed by atoms with Crippen LogP contribution in [0.3, 0.4) is 0 Å². The molecule has 0 aliphatic carbocycles. The fourth-order valence-corrected chi connectivity index (χ4v) is 4.59. The molecule has 0 radical (unpaired) electrons. The van der Waals surface area contributed by atoms with E-state index in [1.807, 2.05) is 55.4 Å². The molecule has 31 heavy (non-hydrogen) atoms. The number of hydrogen-bond donors (Lipinski definition) is 0. The van der Waals surface area contributed by atoms with E-state index in [4.69, 9.17) is 9.72 Å². The molecule has 0 saturated heterocycles. The number of ether oxygens (including phenoxy) is 1. The number of benzene rings is 1. The van der Waals surface area contributed by atoms with E-state index >= 15 is 0 Å². The summed E-state index contributed by atoms with van der Waals surface area (Å²) in [4.78, 5) is 37.5. The van der Waals surface area contributed by atoms with Gasteiger partial charge in [0.15, 0.2) is 5.65 Å². The zero-order chi connectivity index (χ0) is 22.9. The first kappa shape index (κ1) is 21.0. The second-order valence-corrected chi connectivity index (χ2v) is 8.45. The lowest BCUT2D eigenvalue weighted by atomic mass is 9.90. The highest BCUT2D eigenvalue weighted by Gasteiger charge is 2.42. The van der Waals surface area contributed by atoms with Crippen molar-refractivity contribution in [2.75, 3.05) is 12.0 Å². The van der Waals surface area contributed by atoms with Gasteiger partial charge < -0.3 is 4.74 Å². The van der Waals surface area contributed by atoms with Gasteiger partial charge in [0.2, 0.25) is 5.88 Å². The molecule has 0 atom stereocenters. The van der Waals surface area contributed by atoms with Crippen LogP contribution in [0.4, 0.5) is 5.82 Å². The van der Waals surface area contributed by atoms with Crippen LogP contribution in [0.15, 0.2) is 0 Å². The van der Waals surface area contributed by atoms with Crippen LogP contribution in [0.2, 0.25) is 0 Å². The number of hydrogen-bond acceptors (Lipinski definition) is 5. The maximum absolute atomic E-state index is 13.5. The number of imide groups is 1. The Morgan fingerprint density at radius 2 is 1.10 bits per heavy atom. The summed E-state index contributed by atoms with van der Waals surface area (Å²) in [6.45, 7) is 15.6. The van der Waals surface area contributed by atoms with Crippen molar-refractivity contribution in [3.8, 4) is 5.88 Å². The Balaban J connectivity index is 2.02. The number of aromatic nitrogens is 2. The third-order valence-corrected chi connectivity index (χ3v) is 7.10. The Labute approximate surface area is 182 Å². The summed E-state index contributed by atoms with van der Waals surface area (Å²) in [5.41, 5.74) is 8.92. The van der Waals surface area contributed by atoms with Gasteiger partial charge in [-0.15, -0.1) is 0 Å². The number of nitrogens with zero attached hydrogens (tertiary/aromatic N) is 3. The molecular formula is C25H27N3O3. The van der Waals surface area contributed by atoms with E-state index in [-0.39, 0.29) is 11.8 Å². The van der Waals surface area contributed by atoms with Gasteiger partial charge in [-0.25, -0.2) is 9.88 Å². The van der Waals surface area contributed by atoms with Crippen LogP contribution >= 0.6 is 0 Å². The maximum atomic E-state index is 13.5. The molecule has 4 rings (SSSR count). The summed E-state index contributed by atoms with van der Waals surface area (Å²) in [5.74, 6) is 0.179. The normalized spacial score (nSPS) is 13.4. The second kappa shape index (κ2) is 6.87. The van der Waals surface area contributed by atoms with Gasteiger partial charge in [0.05, 0.1) is 18.2 Å². The molecule has 3 aromatic rings. The molecule has 6 nitrogen and oxygen atoms in total. The zero-order valence-electron chi connectivity index (χ0n) is 19.6. The monoisotopic (exact) mass is 417 g/mol. The fraction of sp³-hybridized carbons (Fsp3) is 0.360. The van der Waals surface area contributed by atoms with Crippen molar-refractivity contribution in [2.24, 2.45) is 0 Å². The number of pyridine rings is 2. The summed E-state index contributed by atoms with van der Waals surface area (Å²) in [6, 6.07) is 0. The van der Waals surface area contributed by atoms with E-state index in [2.05, 4.69) is 4.98 Å². The minimum Gasteiger partial charge on any atom is -0.481 e. The third kappa shape index (κ3) is 2.63. The first-order valence-electron chi connectivity index (χ1n) is 10.3. The van der Waals surface area contributed by atoms with Crippen molar-refractivity contribution in [2.45, 2.75) is 55.4 Å². The van der Waals surface area contributed by atoms with E-state index in [1.54, 1.807) is 7.11 Å². The minimum atomic E-state index is -0.325. The predicted molar refractivity (Wildman–Crippen MR) is 122 cm³/mol. The molecule has 0 N–H and O–H groups in total. The summed E-state index contributed by atoms with van der Waals surface area (Å²) in [6.07, 6.45) is 0. The van der Waals surface area contributed by atoms with Gasteiger partial charge in [-0.05, 0) is 94.3 Å². The van der Waals surface area contributed by atoms with E-state index in [9.17, 15) is 9.59 Å². The quantitative estimate of drug-likeness (QED) is 0.554. The van der Waals surface area contributed by atoms with Crippen LogP contribution in [-0.2, 0) is 0 Å². The molecule has 3 heterocycles. The molecule has 160 valence electrons. The van der Waals surface area contributed by atoms with Crippen LogP contribution in [0.1, 0.15) is 65.2 Å². The molecule has 2 amide bonds. The lowest BCUT2D eigenvalue weighted by molar-refractivity contribution is 0.0924. The standard InChI is InChI=1S/C25H27N3O3/c1-10-11(2)13(4)20-19(12(10)3)24(29)28(25(20)30)22-16(7)14(5)18-15(6)17(8)23(31-9)27-21(18)26-22/h1-9H3. The number of carbonyl (C=O) groups is 2. The highest BCUT2D eigenvalue weighted by molar-refractivity contribution is 6.35. The number of amides is 2. The Morgan fingerprint density at radius 1 is 0.613 bits per heavy atom. The number of fused-ring (bicyclic) bond motifs is 2. The van der Waals surface area contributed by atoms with Gasteiger partial charge in [-0.1, -0.05) is 0 Å². The van der Waals surface area contributed by atoms with Gasteiger partial charge in [0.1, 0.15) is 5.82 Å². The van der Waals surface area contributed by atoms with Gasteiger partial charge in [-0.3, -0.25) is 9.59 Å². The maximum Gasteiger partial charge on any atom is 0.267 e. The lowest BCUT2D eigenvalue weighted by Crippen LogP contribution is -2.31. The molecule has 0 bridgehead atoms. The topological polar surface area (TPSA) is 72.4 Å². The van der Waals surface area contributed by atoms with Gasteiger partial charge in [-0.2, -0.15) is 4.98 Å². The van der Waals surface area contributed by atoms with E-state index in [0.29, 0.717) is 28.5 Å². The molecule has 0 unspecified atom stereocenters. The van der Waals surface area contributed by atoms with Crippen LogP contribution in [0.5, 0.6) is 5.88 Å². The molecule has 0 spiro atoms. The van der Waals surface area contributed by atoms with Crippen molar-refractivity contribution in [3.05, 3.63) is 55.6 Å². The number of anilines is 1. The first-order valence-corrected chi connectivity index (χ1v) is 10.3. The van der Waals surface area contributed by atoms with E-state index in [1.165, 1.54) is 4.90 Å². The summed E-state index contributed by atoms with van der Waals surface area (Å²) < 4.78 is 5.42. The molecule has 2 aromatic heterocycles. The van der Waals surface area contributed by atoms with Crippen molar-refractivity contribution in [1.82, 2.24) is 9.97 Å². The molecule has 6 heteroatoms. The highest BCUT2D eigenvalue weighted by atomic mass is 16.5. The van der Waals surface area contributed by atoms with Crippen molar-refractivity contribution in [1.29, 1.82) is 0 Å². The van der Waals surface area contributed by atoms with E-state index in [0.717, 1.165) is 49.9 Å². The molecule has 1 aromatic carbocycles. The highest BCUT2D eigenvalue weighted by Crippen LogP contribution is 2.39. The summed E-state index contributed by atoms with van der Waals surface area (Å²) in [5, 5.41) is 0.926. The largest absolute Gasteiger partial charge is 0.481 e. The second-order valence-electron chi connectivity index (χ2n) is 8.45. The van der Waals surface area contributed by atoms with Crippen LogP contribution < -0.4 is 9.64 Å². The number of aryl methyl sites for hydroxylation is 2. The number of rotatable bonds is 2. The van der Waals surface area contributed by atoms with Crippen molar-refractivity contribution >= 4 is 28.7 Å². The fourth-order valence-electron chi connectivity index (χ4n) is 4.59. The van der Waals surface area contributed by atoms with Crippen molar-refractivity contribution < 1.29 is 14.3 Å². The third-order valence-electron chi connectivity index (χ3n) is 7.10. The Kier molecular flexibility index (Phi) is 4.65. The van der Waals surface area contributed by atoms with Crippen LogP contribution in [0.25, 0.3) is 11.0 Å². The van der Waals surface area contributed by atoms with Crippen LogP contribution in [0, 0.1) is 55.4 Å². The van der Waals surface area contributed by atoms with E-state index < -0.39 is 0 Å². The van der Waals surface area contributed by atoms with Gasteiger partial charge >= 0.3 is 0 Å². The average Bonchev–Trinajstić information content (AvgIpc) is 3.00. The number of carbonyl (C=O) groups excluding carboxylic acids is 2. The predicted octanol–water partition coefficient (Wildman–Crippen LogP) is 4.91. The lowest BCUT2D eigenvalue weighted by Gasteiger charge is -2.20. The Hall–Kier alpha value is -3.28. The Bertz CT molecular complexity index is 1290. The molecular weight excluding hydrogens is 390 g/mol. The summed E-state index contributed by atoms with van der Waals surface area (Å²) in [7, 11) is 1.57.